The minimum absolute atomic E-state index is 0.00832. The quantitative estimate of drug-likeness (QED) is 0.792. The van der Waals surface area contributed by atoms with Crippen LogP contribution in [0, 0.1) is 5.92 Å². The summed E-state index contributed by atoms with van der Waals surface area (Å²) in [5, 5.41) is 7.01. The number of aromatic nitrogens is 3. The lowest BCUT2D eigenvalue weighted by molar-refractivity contribution is -0.142. The number of carbonyl (C=O) groups excluding carboxylic acids is 1. The van der Waals surface area contributed by atoms with Crippen LogP contribution in [-0.4, -0.2) is 27.6 Å². The number of carbonyl (C=O) groups is 1. The van der Waals surface area contributed by atoms with Crippen LogP contribution in [0.2, 0.25) is 0 Å². The fraction of sp³-hybridized carbons (Fsp3) is 0.727. The van der Waals surface area contributed by atoms with Gasteiger partial charge in [0.25, 0.3) is 0 Å². The highest BCUT2D eigenvalue weighted by Gasteiger charge is 2.41. The monoisotopic (exact) mass is 277 g/mol. The van der Waals surface area contributed by atoms with Gasteiger partial charge in [0.05, 0.1) is 13.2 Å². The average Bonchev–Trinajstić information content (AvgIpc) is 2.67. The molecule has 1 aromatic rings. The number of rotatable bonds is 4. The zero-order valence-electron chi connectivity index (χ0n) is 10.4. The van der Waals surface area contributed by atoms with Crippen LogP contribution < -0.4 is 0 Å². The minimum atomic E-state index is -4.71. The van der Waals surface area contributed by atoms with E-state index >= 15 is 0 Å². The molecule has 106 valence electrons. The fourth-order valence-corrected chi connectivity index (χ4v) is 1.86. The molecule has 5 nitrogen and oxygen atoms in total. The van der Waals surface area contributed by atoms with Crippen LogP contribution in [0.5, 0.6) is 0 Å². The molecule has 0 amide bonds. The van der Waals surface area contributed by atoms with Crippen LogP contribution >= 0.6 is 0 Å². The highest BCUT2D eigenvalue weighted by Crippen LogP contribution is 2.31. The van der Waals surface area contributed by atoms with Gasteiger partial charge in [-0.1, -0.05) is 6.42 Å². The van der Waals surface area contributed by atoms with Crippen molar-refractivity contribution in [2.24, 2.45) is 5.92 Å². The van der Waals surface area contributed by atoms with E-state index < -0.39 is 23.5 Å². The molecule has 1 heterocycles. The van der Waals surface area contributed by atoms with Gasteiger partial charge in [0.15, 0.2) is 0 Å². The summed E-state index contributed by atoms with van der Waals surface area (Å²) in [6.07, 6.45) is -1.72. The van der Waals surface area contributed by atoms with Crippen molar-refractivity contribution in [3.63, 3.8) is 0 Å². The summed E-state index contributed by atoms with van der Waals surface area (Å²) in [5.74, 6) is -0.793. The van der Waals surface area contributed by atoms with E-state index in [1.54, 1.807) is 0 Å². The van der Waals surface area contributed by atoms with E-state index in [9.17, 15) is 18.0 Å². The first-order valence-corrected chi connectivity index (χ1v) is 6.11. The fourth-order valence-electron chi connectivity index (χ4n) is 1.86. The summed E-state index contributed by atoms with van der Waals surface area (Å²) < 4.78 is 42.9. The van der Waals surface area contributed by atoms with E-state index in [1.165, 1.54) is 6.92 Å². The normalized spacial score (nSPS) is 16.2. The van der Waals surface area contributed by atoms with Crippen molar-refractivity contribution >= 4 is 5.97 Å². The predicted octanol–water partition coefficient (Wildman–Crippen LogP) is 2.27. The molecule has 0 spiro atoms. The van der Waals surface area contributed by atoms with Crippen molar-refractivity contribution in [1.29, 1.82) is 0 Å². The number of alkyl halides is 3. The Morgan fingerprint density at radius 1 is 1.42 bits per heavy atom. The highest BCUT2D eigenvalue weighted by atomic mass is 19.4. The second-order valence-corrected chi connectivity index (χ2v) is 4.47. The van der Waals surface area contributed by atoms with Gasteiger partial charge in [0.2, 0.25) is 11.4 Å². The molecule has 0 atom stereocenters. The molecule has 0 bridgehead atoms. The van der Waals surface area contributed by atoms with E-state index in [1.807, 2.05) is 0 Å². The van der Waals surface area contributed by atoms with Gasteiger partial charge < -0.3 is 4.74 Å². The minimum Gasteiger partial charge on any atom is -0.461 e. The second kappa shape index (κ2) is 5.18. The maximum absolute atomic E-state index is 12.8. The van der Waals surface area contributed by atoms with Gasteiger partial charge in [0, 0.05) is 0 Å². The van der Waals surface area contributed by atoms with E-state index in [0.29, 0.717) is 12.5 Å². The number of ether oxygens (including phenoxy) is 1. The van der Waals surface area contributed by atoms with Crippen molar-refractivity contribution < 1.29 is 22.7 Å². The van der Waals surface area contributed by atoms with Gasteiger partial charge in [-0.15, -0.1) is 10.2 Å². The maximum atomic E-state index is 12.8. The Morgan fingerprint density at radius 3 is 2.58 bits per heavy atom. The number of hydrogen-bond donors (Lipinski definition) is 0. The Hall–Kier alpha value is -1.60. The Bertz CT molecular complexity index is 466. The van der Waals surface area contributed by atoms with E-state index in [0.717, 1.165) is 24.1 Å². The van der Waals surface area contributed by atoms with Crippen molar-refractivity contribution in [2.75, 3.05) is 6.61 Å². The molecule has 0 radical (unpaired) electrons. The maximum Gasteiger partial charge on any atom is 0.437 e. The summed E-state index contributed by atoms with van der Waals surface area (Å²) in [6, 6.07) is 0. The molecule has 19 heavy (non-hydrogen) atoms. The third-order valence-electron chi connectivity index (χ3n) is 3.04. The van der Waals surface area contributed by atoms with Crippen LogP contribution in [0.1, 0.15) is 42.4 Å². The average molecular weight is 277 g/mol. The molecule has 0 aliphatic heterocycles. The van der Waals surface area contributed by atoms with E-state index in [2.05, 4.69) is 14.9 Å². The molecule has 1 saturated carbocycles. The first-order valence-electron chi connectivity index (χ1n) is 6.11. The van der Waals surface area contributed by atoms with E-state index in [4.69, 9.17) is 0 Å². The molecular weight excluding hydrogens is 263 g/mol. The summed E-state index contributed by atoms with van der Waals surface area (Å²) in [5.41, 5.74) is -2.03. The molecule has 2 rings (SSSR count). The lowest BCUT2D eigenvalue weighted by Crippen LogP contribution is -2.20. The van der Waals surface area contributed by atoms with Crippen LogP contribution in [0.15, 0.2) is 0 Å². The van der Waals surface area contributed by atoms with E-state index in [-0.39, 0.29) is 6.61 Å². The lowest BCUT2D eigenvalue weighted by atomic mass is 9.86. The molecule has 0 unspecified atom stereocenters. The van der Waals surface area contributed by atoms with Gasteiger partial charge in [-0.05, 0) is 25.7 Å². The Kier molecular flexibility index (Phi) is 3.77. The standard InChI is InChI=1S/C11H14F3N3O2/c1-2-19-10(18)8-9(11(12,13)14)16-17(15-8)6-7-4-3-5-7/h7H,2-6H2,1H3. The molecule has 1 aromatic heterocycles. The Morgan fingerprint density at radius 2 is 2.11 bits per heavy atom. The molecule has 0 saturated heterocycles. The largest absolute Gasteiger partial charge is 0.461 e. The summed E-state index contributed by atoms with van der Waals surface area (Å²) in [7, 11) is 0. The van der Waals surface area contributed by atoms with Gasteiger partial charge in [-0.3, -0.25) is 0 Å². The smallest absolute Gasteiger partial charge is 0.437 e. The van der Waals surface area contributed by atoms with Crippen molar-refractivity contribution in [3.05, 3.63) is 11.4 Å². The van der Waals surface area contributed by atoms with Gasteiger partial charge in [-0.25, -0.2) is 4.79 Å². The predicted molar refractivity (Wildman–Crippen MR) is 58.3 cm³/mol. The number of halogens is 3. The van der Waals surface area contributed by atoms with Crippen LogP contribution in [-0.2, 0) is 17.5 Å². The lowest BCUT2D eigenvalue weighted by Gasteiger charge is -2.24. The molecule has 8 heteroatoms. The van der Waals surface area contributed by atoms with Crippen LogP contribution in [0.3, 0.4) is 0 Å². The Labute approximate surface area is 107 Å². The van der Waals surface area contributed by atoms with Crippen molar-refractivity contribution in [3.8, 4) is 0 Å². The van der Waals surface area contributed by atoms with Gasteiger partial charge in [-0.2, -0.15) is 18.0 Å². The topological polar surface area (TPSA) is 57.0 Å². The first kappa shape index (κ1) is 13.8. The highest BCUT2D eigenvalue weighted by molar-refractivity contribution is 5.88. The number of hydrogen-bond acceptors (Lipinski definition) is 4. The molecule has 1 aliphatic carbocycles. The van der Waals surface area contributed by atoms with Crippen molar-refractivity contribution in [2.45, 2.75) is 38.9 Å². The van der Waals surface area contributed by atoms with Crippen LogP contribution in [0.25, 0.3) is 0 Å². The Balaban J connectivity index is 2.25. The molecule has 1 fully saturated rings. The molecular formula is C11H14F3N3O2. The molecule has 0 N–H and O–H groups in total. The second-order valence-electron chi connectivity index (χ2n) is 4.47. The zero-order valence-corrected chi connectivity index (χ0v) is 10.4. The summed E-state index contributed by atoms with van der Waals surface area (Å²) >= 11 is 0. The molecule has 1 aliphatic rings. The number of esters is 1. The summed E-state index contributed by atoms with van der Waals surface area (Å²) in [6.45, 7) is 1.82. The van der Waals surface area contributed by atoms with Crippen molar-refractivity contribution in [1.82, 2.24) is 15.0 Å². The van der Waals surface area contributed by atoms with Crippen LogP contribution in [0.4, 0.5) is 13.2 Å². The number of nitrogens with zero attached hydrogens (tertiary/aromatic N) is 3. The SMILES string of the molecule is CCOC(=O)c1nn(CC2CCC2)nc1C(F)(F)F. The third-order valence-corrected chi connectivity index (χ3v) is 3.04. The zero-order chi connectivity index (χ0) is 14.0. The van der Waals surface area contributed by atoms with Gasteiger partial charge >= 0.3 is 12.1 Å². The first-order chi connectivity index (χ1) is 8.91. The van der Waals surface area contributed by atoms with Gasteiger partial charge in [0.1, 0.15) is 0 Å². The molecule has 0 aromatic carbocycles. The third kappa shape index (κ3) is 3.05. The summed E-state index contributed by atoms with van der Waals surface area (Å²) in [4.78, 5) is 12.4.